The van der Waals surface area contributed by atoms with Gasteiger partial charge in [0.25, 0.3) is 0 Å². The molecular weight excluding hydrogens is 288 g/mol. The molecular formula is C18H24N4O. The smallest absolute Gasteiger partial charge is 0.224 e. The number of nitrogens with two attached hydrogens (primary N) is 1. The number of aryl methyl sites for hydroxylation is 2. The van der Waals surface area contributed by atoms with Gasteiger partial charge in [0.2, 0.25) is 5.91 Å². The van der Waals surface area contributed by atoms with Crippen LogP contribution < -0.4 is 11.1 Å². The number of amides is 1. The van der Waals surface area contributed by atoms with Crippen molar-refractivity contribution in [1.82, 2.24) is 9.78 Å². The first kappa shape index (κ1) is 15.7. The molecule has 1 aromatic heterocycles. The highest BCUT2D eigenvalue weighted by atomic mass is 16.1. The Morgan fingerprint density at radius 1 is 1.35 bits per heavy atom. The minimum Gasteiger partial charge on any atom is -0.327 e. The van der Waals surface area contributed by atoms with Crippen LogP contribution in [-0.4, -0.2) is 21.7 Å². The Balaban J connectivity index is 1.70. The molecule has 1 fully saturated rings. The maximum atomic E-state index is 12.2. The molecule has 5 heteroatoms. The SMILES string of the molecule is Cc1cc(C)n(-c2cccc(NC(=O)C[C@@H]3CCC[C@H]3N)c2)n1. The Morgan fingerprint density at radius 2 is 2.17 bits per heavy atom. The lowest BCUT2D eigenvalue weighted by molar-refractivity contribution is -0.117. The third kappa shape index (κ3) is 3.62. The summed E-state index contributed by atoms with van der Waals surface area (Å²) >= 11 is 0. The van der Waals surface area contributed by atoms with Crippen LogP contribution in [0.1, 0.15) is 37.1 Å². The second-order valence-electron chi connectivity index (χ2n) is 6.50. The number of hydrogen-bond acceptors (Lipinski definition) is 3. The summed E-state index contributed by atoms with van der Waals surface area (Å²) in [5.41, 5.74) is 9.85. The summed E-state index contributed by atoms with van der Waals surface area (Å²) in [6.45, 7) is 3.99. The van der Waals surface area contributed by atoms with Crippen LogP contribution in [0, 0.1) is 19.8 Å². The molecule has 1 aromatic carbocycles. The summed E-state index contributed by atoms with van der Waals surface area (Å²) in [6, 6.07) is 9.98. The van der Waals surface area contributed by atoms with Gasteiger partial charge in [0.05, 0.1) is 11.4 Å². The van der Waals surface area contributed by atoms with Gasteiger partial charge in [-0.15, -0.1) is 0 Å². The Bertz CT molecular complexity index is 707. The number of carbonyl (C=O) groups is 1. The molecule has 2 aromatic rings. The molecule has 0 saturated heterocycles. The highest BCUT2D eigenvalue weighted by molar-refractivity contribution is 5.91. The van der Waals surface area contributed by atoms with Gasteiger partial charge in [-0.3, -0.25) is 4.79 Å². The van der Waals surface area contributed by atoms with Crippen LogP contribution in [0.2, 0.25) is 0 Å². The number of hydrogen-bond donors (Lipinski definition) is 2. The quantitative estimate of drug-likeness (QED) is 0.911. The zero-order valence-corrected chi connectivity index (χ0v) is 13.7. The molecule has 0 unspecified atom stereocenters. The van der Waals surface area contributed by atoms with Gasteiger partial charge >= 0.3 is 0 Å². The van der Waals surface area contributed by atoms with E-state index in [2.05, 4.69) is 10.4 Å². The van der Waals surface area contributed by atoms with Crippen LogP contribution in [-0.2, 0) is 4.79 Å². The van der Waals surface area contributed by atoms with Crippen molar-refractivity contribution in [3.05, 3.63) is 41.7 Å². The van der Waals surface area contributed by atoms with E-state index in [4.69, 9.17) is 5.73 Å². The molecule has 0 bridgehead atoms. The second kappa shape index (κ2) is 6.54. The van der Waals surface area contributed by atoms with Crippen molar-refractivity contribution in [3.63, 3.8) is 0 Å². The molecule has 1 saturated carbocycles. The van der Waals surface area contributed by atoms with Crippen molar-refractivity contribution >= 4 is 11.6 Å². The molecule has 3 rings (SSSR count). The van der Waals surface area contributed by atoms with Gasteiger partial charge in [-0.05, 0) is 56.9 Å². The summed E-state index contributed by atoms with van der Waals surface area (Å²) in [5, 5.41) is 7.47. The molecule has 1 heterocycles. The van der Waals surface area contributed by atoms with Crippen molar-refractivity contribution in [1.29, 1.82) is 0 Å². The van der Waals surface area contributed by atoms with Gasteiger partial charge in [-0.1, -0.05) is 12.5 Å². The van der Waals surface area contributed by atoms with Gasteiger partial charge < -0.3 is 11.1 Å². The molecule has 122 valence electrons. The maximum Gasteiger partial charge on any atom is 0.224 e. The normalized spacial score (nSPS) is 20.7. The third-order valence-corrected chi connectivity index (χ3v) is 4.55. The highest BCUT2D eigenvalue weighted by Crippen LogP contribution is 2.27. The Morgan fingerprint density at radius 3 is 2.83 bits per heavy atom. The van der Waals surface area contributed by atoms with Crippen molar-refractivity contribution in [2.75, 3.05) is 5.32 Å². The first-order valence-electron chi connectivity index (χ1n) is 8.22. The third-order valence-electron chi connectivity index (χ3n) is 4.55. The predicted octanol–water partition coefficient (Wildman–Crippen LogP) is 2.95. The molecule has 5 nitrogen and oxygen atoms in total. The molecule has 0 spiro atoms. The number of nitrogens with one attached hydrogen (secondary N) is 1. The fraction of sp³-hybridized carbons (Fsp3) is 0.444. The summed E-state index contributed by atoms with van der Waals surface area (Å²) in [5.74, 6) is 0.354. The number of benzene rings is 1. The van der Waals surface area contributed by atoms with Crippen LogP contribution in [0.3, 0.4) is 0 Å². The highest BCUT2D eigenvalue weighted by Gasteiger charge is 2.26. The van der Waals surface area contributed by atoms with E-state index in [1.165, 1.54) is 0 Å². The Labute approximate surface area is 136 Å². The average molecular weight is 312 g/mol. The zero-order valence-electron chi connectivity index (χ0n) is 13.7. The van der Waals surface area contributed by atoms with E-state index in [-0.39, 0.29) is 11.9 Å². The number of carbonyl (C=O) groups excluding carboxylic acids is 1. The first-order valence-corrected chi connectivity index (χ1v) is 8.22. The van der Waals surface area contributed by atoms with E-state index < -0.39 is 0 Å². The number of aromatic nitrogens is 2. The lowest BCUT2D eigenvalue weighted by atomic mass is 10.00. The summed E-state index contributed by atoms with van der Waals surface area (Å²) in [6.07, 6.45) is 3.73. The van der Waals surface area contributed by atoms with E-state index in [1.807, 2.05) is 48.9 Å². The molecule has 1 aliphatic carbocycles. The zero-order chi connectivity index (χ0) is 16.4. The summed E-state index contributed by atoms with van der Waals surface area (Å²) in [4.78, 5) is 12.2. The Kier molecular flexibility index (Phi) is 4.48. The van der Waals surface area contributed by atoms with Gasteiger partial charge in [-0.2, -0.15) is 5.10 Å². The average Bonchev–Trinajstić information content (AvgIpc) is 3.05. The van der Waals surface area contributed by atoms with Crippen LogP contribution in [0.4, 0.5) is 5.69 Å². The van der Waals surface area contributed by atoms with Crippen LogP contribution in [0.25, 0.3) is 5.69 Å². The summed E-state index contributed by atoms with van der Waals surface area (Å²) in [7, 11) is 0. The molecule has 0 radical (unpaired) electrons. The standard InChI is InChI=1S/C18H24N4O/c1-12-9-13(2)22(21-12)16-7-4-6-15(11-16)20-18(23)10-14-5-3-8-17(14)19/h4,6-7,9,11,14,17H,3,5,8,10,19H2,1-2H3,(H,20,23)/t14-,17+/m0/s1. The minimum atomic E-state index is 0.0397. The molecule has 23 heavy (non-hydrogen) atoms. The molecule has 2 atom stereocenters. The molecule has 1 amide bonds. The van der Waals surface area contributed by atoms with Gasteiger partial charge in [0.15, 0.2) is 0 Å². The van der Waals surface area contributed by atoms with Crippen molar-refractivity contribution in [2.24, 2.45) is 11.7 Å². The molecule has 3 N–H and O–H groups in total. The topological polar surface area (TPSA) is 72.9 Å². The maximum absolute atomic E-state index is 12.2. The van der Waals surface area contributed by atoms with Crippen molar-refractivity contribution in [2.45, 2.75) is 45.6 Å². The largest absolute Gasteiger partial charge is 0.327 e. The van der Waals surface area contributed by atoms with E-state index in [9.17, 15) is 4.79 Å². The number of rotatable bonds is 4. The van der Waals surface area contributed by atoms with Crippen molar-refractivity contribution < 1.29 is 4.79 Å². The number of nitrogens with zero attached hydrogens (tertiary/aromatic N) is 2. The van der Waals surface area contributed by atoms with E-state index in [0.29, 0.717) is 12.3 Å². The van der Waals surface area contributed by atoms with Crippen molar-refractivity contribution in [3.8, 4) is 5.69 Å². The van der Waals surface area contributed by atoms with Gasteiger partial charge in [0.1, 0.15) is 0 Å². The first-order chi connectivity index (χ1) is 11.0. The minimum absolute atomic E-state index is 0.0397. The fourth-order valence-electron chi connectivity index (χ4n) is 3.37. The van der Waals surface area contributed by atoms with Gasteiger partial charge in [0, 0.05) is 23.8 Å². The number of anilines is 1. The van der Waals surface area contributed by atoms with Crippen LogP contribution in [0.15, 0.2) is 30.3 Å². The van der Waals surface area contributed by atoms with E-state index in [1.54, 1.807) is 0 Å². The lowest BCUT2D eigenvalue weighted by Crippen LogP contribution is -2.28. The summed E-state index contributed by atoms with van der Waals surface area (Å²) < 4.78 is 1.89. The second-order valence-corrected chi connectivity index (χ2v) is 6.50. The van der Waals surface area contributed by atoms with E-state index >= 15 is 0 Å². The lowest BCUT2D eigenvalue weighted by Gasteiger charge is -2.15. The molecule has 1 aliphatic rings. The fourth-order valence-corrected chi connectivity index (χ4v) is 3.37. The van der Waals surface area contributed by atoms with Crippen LogP contribution >= 0.6 is 0 Å². The van der Waals surface area contributed by atoms with Crippen LogP contribution in [0.5, 0.6) is 0 Å². The monoisotopic (exact) mass is 312 g/mol. The van der Waals surface area contributed by atoms with Gasteiger partial charge in [-0.25, -0.2) is 4.68 Å². The van der Waals surface area contributed by atoms with E-state index in [0.717, 1.165) is 42.0 Å². The Hall–Kier alpha value is -2.14. The predicted molar refractivity (Wildman–Crippen MR) is 91.6 cm³/mol. The molecule has 0 aliphatic heterocycles.